The highest BCUT2D eigenvalue weighted by Gasteiger charge is 2.71. The number of aliphatic imine (C=N–C) groups is 1. The van der Waals surface area contributed by atoms with E-state index in [-0.39, 0.29) is 29.1 Å². The Morgan fingerprint density at radius 3 is 2.52 bits per heavy atom. The molecule has 1 heterocycles. The minimum atomic E-state index is -1.07. The summed E-state index contributed by atoms with van der Waals surface area (Å²) in [6.07, 6.45) is 9.12. The zero-order valence-electron chi connectivity index (χ0n) is 23.9. The largest absolute Gasteiger partial charge is 0.493 e. The first kappa shape index (κ1) is 27.7. The van der Waals surface area contributed by atoms with Crippen molar-refractivity contribution in [2.45, 2.75) is 88.6 Å². The lowest BCUT2D eigenvalue weighted by molar-refractivity contribution is -0.237. The number of aliphatic hydroxyl groups is 3. The molecule has 6 rings (SSSR count). The fourth-order valence-corrected chi connectivity index (χ4v) is 9.65. The van der Waals surface area contributed by atoms with Gasteiger partial charge in [0.15, 0.2) is 11.5 Å². The Hall–Kier alpha value is -2.42. The van der Waals surface area contributed by atoms with Gasteiger partial charge in [0.05, 0.1) is 38.1 Å². The van der Waals surface area contributed by atoms with Crippen LogP contribution in [0.4, 0.5) is 0 Å². The maximum atomic E-state index is 12.6. The molecule has 4 saturated carbocycles. The van der Waals surface area contributed by atoms with Crippen LogP contribution in [0.5, 0.6) is 11.5 Å². The van der Waals surface area contributed by atoms with Gasteiger partial charge in [-0.25, -0.2) is 4.79 Å². The van der Waals surface area contributed by atoms with Gasteiger partial charge in [-0.15, -0.1) is 0 Å². The van der Waals surface area contributed by atoms with Crippen LogP contribution in [0.25, 0.3) is 0 Å². The third-order valence-electron chi connectivity index (χ3n) is 11.7. The highest BCUT2D eigenvalue weighted by Crippen LogP contribution is 2.70. The first-order chi connectivity index (χ1) is 19.1. The summed E-state index contributed by atoms with van der Waals surface area (Å²) in [5, 5.41) is 35.4. The molecule has 0 saturated heterocycles. The minimum Gasteiger partial charge on any atom is -0.493 e. The van der Waals surface area contributed by atoms with E-state index in [1.807, 2.05) is 24.4 Å². The standard InChI is InChI=1S/C32H43NO7/c1-29-10-7-24-25(32(29,37)13-9-23(29)21-15-28(35)40-18-21)8-12-31(36)16-22(34)6-11-30(24,31)19-33-17-20-4-5-26(38-2)27(14-20)39-3/h4-5,14-15,19,22-25,34,36-37H,6-13,16-18H2,1-3H3/t22-,23-,24-,25+,29+,30-,31+,32+/m0/s1. The van der Waals surface area contributed by atoms with Crippen molar-refractivity contribution in [2.24, 2.45) is 33.6 Å². The molecular formula is C32H43NO7. The third-order valence-corrected chi connectivity index (χ3v) is 11.7. The van der Waals surface area contributed by atoms with Crippen molar-refractivity contribution in [3.8, 4) is 11.5 Å². The van der Waals surface area contributed by atoms with E-state index in [1.54, 1.807) is 20.3 Å². The van der Waals surface area contributed by atoms with Crippen LogP contribution in [0.15, 0.2) is 34.8 Å². The number of nitrogens with zero attached hydrogens (tertiary/aromatic N) is 1. The predicted octanol–water partition coefficient (Wildman–Crippen LogP) is 3.99. The molecule has 0 bridgehead atoms. The molecule has 0 spiro atoms. The highest BCUT2D eigenvalue weighted by atomic mass is 16.5. The molecule has 1 aromatic rings. The molecule has 5 aliphatic rings. The molecule has 0 radical (unpaired) electrons. The Labute approximate surface area is 236 Å². The van der Waals surface area contributed by atoms with E-state index in [0.29, 0.717) is 63.2 Å². The average molecular weight is 554 g/mol. The lowest BCUT2D eigenvalue weighted by Gasteiger charge is -2.65. The number of aliphatic hydroxyl groups excluding tert-OH is 1. The van der Waals surface area contributed by atoms with Crippen LogP contribution in [0.3, 0.4) is 0 Å². The Balaban J connectivity index is 1.33. The van der Waals surface area contributed by atoms with Crippen LogP contribution in [-0.2, 0) is 16.1 Å². The van der Waals surface area contributed by atoms with Gasteiger partial charge in [-0.05, 0) is 92.4 Å². The minimum absolute atomic E-state index is 0.0120. The average Bonchev–Trinajstić information content (AvgIpc) is 3.48. The SMILES string of the molecule is COc1ccc(CN=C[C@]23CC[C@H](O)C[C@]2(O)CC[C@@H]2[C@@H]3CC[C@]3(C)[C@H](C4=CC(=O)OC4)CC[C@@]23O)cc1OC. The van der Waals surface area contributed by atoms with Crippen molar-refractivity contribution in [1.82, 2.24) is 0 Å². The van der Waals surface area contributed by atoms with Crippen LogP contribution < -0.4 is 9.47 Å². The molecule has 3 N–H and O–H groups in total. The zero-order chi connectivity index (χ0) is 28.3. The van der Waals surface area contributed by atoms with E-state index in [4.69, 9.17) is 19.2 Å². The summed E-state index contributed by atoms with van der Waals surface area (Å²) in [6, 6.07) is 5.77. The van der Waals surface area contributed by atoms with Crippen molar-refractivity contribution in [3.05, 3.63) is 35.4 Å². The molecule has 0 aromatic heterocycles. The molecule has 4 aliphatic carbocycles. The van der Waals surface area contributed by atoms with Crippen LogP contribution in [0.2, 0.25) is 0 Å². The molecule has 8 nitrogen and oxygen atoms in total. The van der Waals surface area contributed by atoms with Gasteiger partial charge in [-0.1, -0.05) is 13.0 Å². The van der Waals surface area contributed by atoms with E-state index < -0.39 is 22.7 Å². The molecule has 218 valence electrons. The lowest BCUT2D eigenvalue weighted by Crippen LogP contribution is -2.68. The van der Waals surface area contributed by atoms with E-state index in [9.17, 15) is 20.1 Å². The Morgan fingerprint density at radius 1 is 1.02 bits per heavy atom. The van der Waals surface area contributed by atoms with Gasteiger partial charge >= 0.3 is 5.97 Å². The van der Waals surface area contributed by atoms with Crippen LogP contribution in [-0.4, -0.2) is 65.6 Å². The monoisotopic (exact) mass is 553 g/mol. The van der Waals surface area contributed by atoms with E-state index >= 15 is 0 Å². The van der Waals surface area contributed by atoms with Gasteiger partial charge in [0, 0.05) is 29.5 Å². The van der Waals surface area contributed by atoms with Gasteiger partial charge in [0.2, 0.25) is 0 Å². The van der Waals surface area contributed by atoms with Gasteiger partial charge < -0.3 is 29.5 Å². The number of carbonyl (C=O) groups is 1. The number of cyclic esters (lactones) is 1. The van der Waals surface area contributed by atoms with Gasteiger partial charge in [0.25, 0.3) is 0 Å². The maximum absolute atomic E-state index is 12.6. The fraction of sp³-hybridized carbons (Fsp3) is 0.688. The second kappa shape index (κ2) is 9.85. The second-order valence-electron chi connectivity index (χ2n) is 13.2. The van der Waals surface area contributed by atoms with Crippen molar-refractivity contribution >= 4 is 12.2 Å². The number of hydrogen-bond donors (Lipinski definition) is 3. The topological polar surface area (TPSA) is 118 Å². The number of carbonyl (C=O) groups excluding carboxylic acids is 1. The smallest absolute Gasteiger partial charge is 0.331 e. The Morgan fingerprint density at radius 2 is 1.80 bits per heavy atom. The molecule has 8 heteroatoms. The van der Waals surface area contributed by atoms with Gasteiger partial charge in [-0.2, -0.15) is 0 Å². The number of rotatable bonds is 6. The fourth-order valence-electron chi connectivity index (χ4n) is 9.65. The van der Waals surface area contributed by atoms with Crippen molar-refractivity contribution in [2.75, 3.05) is 20.8 Å². The maximum Gasteiger partial charge on any atom is 0.331 e. The van der Waals surface area contributed by atoms with Crippen molar-refractivity contribution in [3.63, 3.8) is 0 Å². The van der Waals surface area contributed by atoms with Gasteiger partial charge in [0.1, 0.15) is 6.61 Å². The van der Waals surface area contributed by atoms with E-state index in [0.717, 1.165) is 30.4 Å². The van der Waals surface area contributed by atoms with Crippen molar-refractivity contribution < 1.29 is 34.3 Å². The molecule has 0 amide bonds. The first-order valence-electron chi connectivity index (χ1n) is 14.8. The zero-order valence-corrected chi connectivity index (χ0v) is 23.9. The number of ether oxygens (including phenoxy) is 3. The number of methoxy groups -OCH3 is 2. The Kier molecular flexibility index (Phi) is 6.83. The number of benzene rings is 1. The van der Waals surface area contributed by atoms with E-state index in [2.05, 4.69) is 6.92 Å². The summed E-state index contributed by atoms with van der Waals surface area (Å²) in [6.45, 7) is 2.96. The van der Waals surface area contributed by atoms with E-state index in [1.165, 1.54) is 0 Å². The lowest BCUT2D eigenvalue weighted by atomic mass is 9.41. The number of fused-ring (bicyclic) bond motifs is 5. The predicted molar refractivity (Wildman–Crippen MR) is 149 cm³/mol. The molecule has 40 heavy (non-hydrogen) atoms. The molecule has 4 fully saturated rings. The number of esters is 1. The quantitative estimate of drug-likeness (QED) is 0.360. The number of hydrogen-bond acceptors (Lipinski definition) is 8. The summed E-state index contributed by atoms with van der Waals surface area (Å²) in [4.78, 5) is 16.8. The van der Waals surface area contributed by atoms with Crippen LogP contribution in [0, 0.1) is 28.6 Å². The molecular weight excluding hydrogens is 510 g/mol. The third kappa shape index (κ3) is 3.97. The summed E-state index contributed by atoms with van der Waals surface area (Å²) < 4.78 is 16.1. The normalized spacial score (nSPS) is 42.5. The summed E-state index contributed by atoms with van der Waals surface area (Å²) in [5.74, 6) is 1.22. The summed E-state index contributed by atoms with van der Waals surface area (Å²) in [5.41, 5.74) is -0.937. The van der Waals surface area contributed by atoms with Crippen LogP contribution >= 0.6 is 0 Å². The highest BCUT2D eigenvalue weighted by molar-refractivity contribution is 5.85. The molecule has 0 unspecified atom stereocenters. The van der Waals surface area contributed by atoms with Crippen LogP contribution in [0.1, 0.15) is 70.3 Å². The van der Waals surface area contributed by atoms with Gasteiger partial charge in [-0.3, -0.25) is 4.99 Å². The first-order valence-corrected chi connectivity index (χ1v) is 14.8. The second-order valence-corrected chi connectivity index (χ2v) is 13.2. The summed E-state index contributed by atoms with van der Waals surface area (Å²) >= 11 is 0. The molecule has 8 atom stereocenters. The Bertz CT molecular complexity index is 1230. The molecule has 1 aliphatic heterocycles. The summed E-state index contributed by atoms with van der Waals surface area (Å²) in [7, 11) is 3.23. The molecule has 1 aromatic carbocycles. The van der Waals surface area contributed by atoms with Crippen molar-refractivity contribution in [1.29, 1.82) is 0 Å².